The standard InChI is InChI=1S/C18H17F4N3O/c19-13-3-1-12-2-4-16(15(12)8-13)25-17(26)24-10-11-5-6-23-14(7-11)9-18(20,21)22/h1,3,5-8,16H,2,4,9-10H2,(H2,24,25,26). The minimum absolute atomic E-state index is 0.0714. The number of aromatic nitrogens is 1. The van der Waals surface area contributed by atoms with E-state index in [1.165, 1.54) is 24.4 Å². The maximum Gasteiger partial charge on any atom is 0.394 e. The van der Waals surface area contributed by atoms with Gasteiger partial charge in [0.05, 0.1) is 12.5 Å². The third-order valence-corrected chi connectivity index (χ3v) is 4.21. The fraction of sp³-hybridized carbons (Fsp3) is 0.333. The molecule has 0 radical (unpaired) electrons. The Kier molecular flexibility index (Phi) is 5.11. The topological polar surface area (TPSA) is 54.0 Å². The number of hydrogen-bond donors (Lipinski definition) is 2. The summed E-state index contributed by atoms with van der Waals surface area (Å²) in [4.78, 5) is 15.8. The smallest absolute Gasteiger partial charge is 0.334 e. The Hall–Kier alpha value is -2.64. The van der Waals surface area contributed by atoms with Crippen LogP contribution in [-0.4, -0.2) is 17.2 Å². The summed E-state index contributed by atoms with van der Waals surface area (Å²) >= 11 is 0. The summed E-state index contributed by atoms with van der Waals surface area (Å²) in [6.07, 6.45) is -2.73. The van der Waals surface area contributed by atoms with Crippen molar-refractivity contribution in [2.45, 2.75) is 38.0 Å². The van der Waals surface area contributed by atoms with E-state index >= 15 is 0 Å². The van der Waals surface area contributed by atoms with Crippen molar-refractivity contribution < 1.29 is 22.4 Å². The van der Waals surface area contributed by atoms with Crippen LogP contribution in [0.1, 0.15) is 34.8 Å². The van der Waals surface area contributed by atoms with Gasteiger partial charge in [-0.3, -0.25) is 4.98 Å². The predicted molar refractivity (Wildman–Crippen MR) is 86.8 cm³/mol. The molecule has 1 aromatic carbocycles. The number of nitrogens with one attached hydrogen (secondary N) is 2. The van der Waals surface area contributed by atoms with Gasteiger partial charge >= 0.3 is 12.2 Å². The van der Waals surface area contributed by atoms with Crippen molar-refractivity contribution in [1.82, 2.24) is 15.6 Å². The number of carbonyl (C=O) groups is 1. The van der Waals surface area contributed by atoms with Gasteiger partial charge < -0.3 is 10.6 Å². The second kappa shape index (κ2) is 7.31. The van der Waals surface area contributed by atoms with Gasteiger partial charge in [0, 0.05) is 18.4 Å². The average molecular weight is 367 g/mol. The average Bonchev–Trinajstić information content (AvgIpc) is 2.94. The molecule has 3 rings (SSSR count). The number of halogens is 4. The van der Waals surface area contributed by atoms with Crippen molar-refractivity contribution in [2.75, 3.05) is 0 Å². The Morgan fingerprint density at radius 2 is 2.04 bits per heavy atom. The second-order valence-electron chi connectivity index (χ2n) is 6.21. The summed E-state index contributed by atoms with van der Waals surface area (Å²) in [6, 6.07) is 6.64. The molecule has 1 aromatic heterocycles. The van der Waals surface area contributed by atoms with E-state index < -0.39 is 18.6 Å². The first-order chi connectivity index (χ1) is 12.3. The molecular weight excluding hydrogens is 350 g/mol. The third-order valence-electron chi connectivity index (χ3n) is 4.21. The second-order valence-corrected chi connectivity index (χ2v) is 6.21. The fourth-order valence-electron chi connectivity index (χ4n) is 3.05. The molecule has 26 heavy (non-hydrogen) atoms. The monoisotopic (exact) mass is 367 g/mol. The lowest BCUT2D eigenvalue weighted by molar-refractivity contribution is -0.127. The zero-order valence-corrected chi connectivity index (χ0v) is 13.7. The minimum atomic E-state index is -4.33. The molecule has 0 fully saturated rings. The maximum atomic E-state index is 13.4. The van der Waals surface area contributed by atoms with Crippen LogP contribution in [0, 0.1) is 5.82 Å². The van der Waals surface area contributed by atoms with Gasteiger partial charge in [0.1, 0.15) is 5.82 Å². The van der Waals surface area contributed by atoms with Crippen LogP contribution >= 0.6 is 0 Å². The first-order valence-corrected chi connectivity index (χ1v) is 8.13. The molecular formula is C18H17F4N3O. The van der Waals surface area contributed by atoms with E-state index in [4.69, 9.17) is 0 Å². The van der Waals surface area contributed by atoms with E-state index in [0.717, 1.165) is 17.5 Å². The molecule has 0 aliphatic heterocycles. The van der Waals surface area contributed by atoms with E-state index in [1.54, 1.807) is 12.1 Å². The highest BCUT2D eigenvalue weighted by Gasteiger charge is 2.28. The van der Waals surface area contributed by atoms with Gasteiger partial charge in [-0.15, -0.1) is 0 Å². The number of carbonyl (C=O) groups excluding carboxylic acids is 1. The molecule has 1 atom stereocenters. The Bertz CT molecular complexity index is 807. The highest BCUT2D eigenvalue weighted by molar-refractivity contribution is 5.74. The Morgan fingerprint density at radius 1 is 1.23 bits per heavy atom. The quantitative estimate of drug-likeness (QED) is 0.808. The van der Waals surface area contributed by atoms with E-state index in [-0.39, 0.29) is 24.1 Å². The van der Waals surface area contributed by atoms with Crippen LogP contribution in [0.5, 0.6) is 0 Å². The van der Waals surface area contributed by atoms with E-state index in [0.29, 0.717) is 12.0 Å². The van der Waals surface area contributed by atoms with Crippen molar-refractivity contribution in [3.63, 3.8) is 0 Å². The molecule has 1 unspecified atom stereocenters. The Labute approximate surface area is 147 Å². The van der Waals surface area contributed by atoms with Gasteiger partial charge in [0.2, 0.25) is 0 Å². The first kappa shape index (κ1) is 18.2. The van der Waals surface area contributed by atoms with Crippen molar-refractivity contribution in [1.29, 1.82) is 0 Å². The SMILES string of the molecule is O=C(NCc1ccnc(CC(F)(F)F)c1)NC1CCc2ccc(F)cc21. The van der Waals surface area contributed by atoms with Crippen LogP contribution < -0.4 is 10.6 Å². The normalized spacial score (nSPS) is 16.2. The summed E-state index contributed by atoms with van der Waals surface area (Å²) in [5, 5.41) is 5.38. The number of alkyl halides is 3. The Balaban J connectivity index is 1.56. The summed E-state index contributed by atoms with van der Waals surface area (Å²) in [5.41, 5.74) is 2.18. The molecule has 0 bridgehead atoms. The highest BCUT2D eigenvalue weighted by Crippen LogP contribution is 2.31. The van der Waals surface area contributed by atoms with Gasteiger partial charge in [-0.05, 0) is 53.8 Å². The van der Waals surface area contributed by atoms with Crippen LogP contribution in [0.4, 0.5) is 22.4 Å². The number of amides is 2. The number of urea groups is 1. The van der Waals surface area contributed by atoms with Gasteiger partial charge in [-0.2, -0.15) is 13.2 Å². The van der Waals surface area contributed by atoms with E-state index in [2.05, 4.69) is 15.6 Å². The molecule has 1 aliphatic rings. The number of aryl methyl sites for hydroxylation is 1. The number of fused-ring (bicyclic) bond motifs is 1. The van der Waals surface area contributed by atoms with Crippen LogP contribution in [-0.2, 0) is 19.4 Å². The zero-order valence-electron chi connectivity index (χ0n) is 13.7. The summed E-state index contributed by atoms with van der Waals surface area (Å²) in [6.45, 7) is 0.0714. The molecule has 1 aliphatic carbocycles. The number of benzene rings is 1. The Morgan fingerprint density at radius 3 is 2.81 bits per heavy atom. The molecule has 4 nitrogen and oxygen atoms in total. The highest BCUT2D eigenvalue weighted by atomic mass is 19.4. The number of pyridine rings is 1. The largest absolute Gasteiger partial charge is 0.394 e. The molecule has 8 heteroatoms. The summed E-state index contributed by atoms with van der Waals surface area (Å²) in [5.74, 6) is -0.355. The lowest BCUT2D eigenvalue weighted by Gasteiger charge is -2.15. The molecule has 2 aromatic rings. The van der Waals surface area contributed by atoms with Crippen LogP contribution in [0.15, 0.2) is 36.5 Å². The van der Waals surface area contributed by atoms with Crippen LogP contribution in [0.25, 0.3) is 0 Å². The molecule has 1 heterocycles. The van der Waals surface area contributed by atoms with Crippen molar-refractivity contribution in [3.05, 3.63) is 64.7 Å². The molecule has 0 spiro atoms. The third kappa shape index (κ3) is 4.71. The molecule has 2 amide bonds. The fourth-order valence-corrected chi connectivity index (χ4v) is 3.05. The molecule has 0 saturated carbocycles. The van der Waals surface area contributed by atoms with Gasteiger partial charge in [0.25, 0.3) is 0 Å². The zero-order chi connectivity index (χ0) is 18.7. The van der Waals surface area contributed by atoms with Gasteiger partial charge in [0.15, 0.2) is 0 Å². The lowest BCUT2D eigenvalue weighted by Crippen LogP contribution is -2.37. The number of rotatable bonds is 4. The molecule has 0 saturated heterocycles. The van der Waals surface area contributed by atoms with Crippen molar-refractivity contribution >= 4 is 6.03 Å². The van der Waals surface area contributed by atoms with Gasteiger partial charge in [-0.1, -0.05) is 6.07 Å². The van der Waals surface area contributed by atoms with Crippen LogP contribution in [0.3, 0.4) is 0 Å². The number of nitrogens with zero attached hydrogens (tertiary/aromatic N) is 1. The van der Waals surface area contributed by atoms with Crippen molar-refractivity contribution in [3.8, 4) is 0 Å². The summed E-state index contributed by atoms with van der Waals surface area (Å²) < 4.78 is 50.6. The minimum Gasteiger partial charge on any atom is -0.334 e. The number of hydrogen-bond acceptors (Lipinski definition) is 2. The maximum absolute atomic E-state index is 13.4. The summed E-state index contributed by atoms with van der Waals surface area (Å²) in [7, 11) is 0. The predicted octanol–water partition coefficient (Wildman–Crippen LogP) is 3.81. The van der Waals surface area contributed by atoms with E-state index in [1.807, 2.05) is 0 Å². The van der Waals surface area contributed by atoms with E-state index in [9.17, 15) is 22.4 Å². The van der Waals surface area contributed by atoms with Gasteiger partial charge in [-0.25, -0.2) is 9.18 Å². The lowest BCUT2D eigenvalue weighted by atomic mass is 10.1. The van der Waals surface area contributed by atoms with Crippen LogP contribution in [0.2, 0.25) is 0 Å². The molecule has 138 valence electrons. The molecule has 2 N–H and O–H groups in total. The first-order valence-electron chi connectivity index (χ1n) is 8.13. The van der Waals surface area contributed by atoms with Crippen molar-refractivity contribution in [2.24, 2.45) is 0 Å².